The molecule has 1 saturated heterocycles. The molecule has 1 aromatic rings. The van der Waals surface area contributed by atoms with Crippen LogP contribution in [0, 0.1) is 0 Å². The van der Waals surface area contributed by atoms with Crippen molar-refractivity contribution in [2.75, 3.05) is 27.2 Å². The molecule has 2 rings (SSSR count). The van der Waals surface area contributed by atoms with E-state index in [1.807, 2.05) is 19.9 Å². The average molecular weight is 409 g/mol. The lowest BCUT2D eigenvalue weighted by atomic mass is 10.1. The van der Waals surface area contributed by atoms with Gasteiger partial charge in [0.15, 0.2) is 17.6 Å². The van der Waals surface area contributed by atoms with E-state index in [-0.39, 0.29) is 11.8 Å². The number of thioether (sulfide) groups is 1. The van der Waals surface area contributed by atoms with E-state index < -0.39 is 6.10 Å². The Labute approximate surface area is 169 Å². The molecule has 0 saturated carbocycles. The van der Waals surface area contributed by atoms with Crippen LogP contribution in [0.3, 0.4) is 0 Å². The zero-order valence-corrected chi connectivity index (χ0v) is 17.8. The minimum Gasteiger partial charge on any atom is -0.490 e. The Bertz CT molecular complexity index is 777. The van der Waals surface area contributed by atoms with Crippen LogP contribution in [-0.2, 0) is 9.59 Å². The molecule has 0 unspecified atom stereocenters. The Morgan fingerprint density at radius 1 is 1.33 bits per heavy atom. The van der Waals surface area contributed by atoms with Gasteiger partial charge >= 0.3 is 0 Å². The molecule has 0 radical (unpaired) electrons. The van der Waals surface area contributed by atoms with Crippen LogP contribution in [0.4, 0.5) is 0 Å². The van der Waals surface area contributed by atoms with Gasteiger partial charge in [-0.2, -0.15) is 0 Å². The van der Waals surface area contributed by atoms with E-state index in [0.29, 0.717) is 33.9 Å². The van der Waals surface area contributed by atoms with Gasteiger partial charge < -0.3 is 14.4 Å². The molecule has 0 spiro atoms. The predicted octanol–water partition coefficient (Wildman–Crippen LogP) is 3.16. The summed E-state index contributed by atoms with van der Waals surface area (Å²) in [5, 5.41) is 0. The van der Waals surface area contributed by atoms with Crippen LogP contribution >= 0.6 is 24.0 Å². The second-order valence-electron chi connectivity index (χ2n) is 6.06. The third-order valence-electron chi connectivity index (χ3n) is 3.85. The number of ether oxygens (including phenoxy) is 2. The fourth-order valence-corrected chi connectivity index (χ4v) is 3.89. The first-order valence-corrected chi connectivity index (χ1v) is 9.91. The lowest BCUT2D eigenvalue weighted by Crippen LogP contribution is -2.35. The van der Waals surface area contributed by atoms with Gasteiger partial charge in [-0.1, -0.05) is 30.0 Å². The number of hydrogen-bond donors (Lipinski definition) is 0. The van der Waals surface area contributed by atoms with Crippen molar-refractivity contribution in [1.82, 2.24) is 9.80 Å². The number of amides is 2. The van der Waals surface area contributed by atoms with Crippen molar-refractivity contribution in [3.8, 4) is 11.5 Å². The summed E-state index contributed by atoms with van der Waals surface area (Å²) in [6.07, 6.45) is 1.15. The van der Waals surface area contributed by atoms with E-state index in [1.54, 1.807) is 44.1 Å². The fraction of sp³-hybridized carbons (Fsp3) is 0.421. The number of hydrogen-bond acceptors (Lipinski definition) is 6. The van der Waals surface area contributed by atoms with E-state index in [4.69, 9.17) is 21.7 Å². The molecule has 0 aromatic heterocycles. The molecule has 0 aliphatic carbocycles. The molecule has 1 fully saturated rings. The highest BCUT2D eigenvalue weighted by atomic mass is 32.2. The number of carbonyl (C=O) groups is 2. The number of likely N-dealkylation sites (N-methyl/N-ethyl adjacent to an activating group) is 2. The topological polar surface area (TPSA) is 59.1 Å². The highest BCUT2D eigenvalue weighted by Crippen LogP contribution is 2.35. The summed E-state index contributed by atoms with van der Waals surface area (Å²) in [6, 6.07) is 5.37. The maximum atomic E-state index is 12.4. The lowest BCUT2D eigenvalue weighted by Gasteiger charge is -2.20. The summed E-state index contributed by atoms with van der Waals surface area (Å²) in [4.78, 5) is 28.0. The minimum atomic E-state index is -0.633. The van der Waals surface area contributed by atoms with Gasteiger partial charge in [-0.15, -0.1) is 0 Å². The zero-order valence-electron chi connectivity index (χ0n) is 16.1. The molecule has 146 valence electrons. The zero-order chi connectivity index (χ0) is 20.1. The summed E-state index contributed by atoms with van der Waals surface area (Å²) in [7, 11) is 3.36. The molecule has 0 bridgehead atoms. The van der Waals surface area contributed by atoms with Gasteiger partial charge in [-0.25, -0.2) is 0 Å². The molecule has 2 amide bonds. The number of carbonyl (C=O) groups excluding carboxylic acids is 2. The Hall–Kier alpha value is -2.06. The molecule has 1 aliphatic rings. The number of rotatable bonds is 7. The van der Waals surface area contributed by atoms with Crippen molar-refractivity contribution < 1.29 is 19.1 Å². The first-order chi connectivity index (χ1) is 12.8. The number of benzene rings is 1. The Balaban J connectivity index is 2.27. The van der Waals surface area contributed by atoms with Crippen molar-refractivity contribution >= 4 is 46.2 Å². The molecule has 1 aromatic carbocycles. The van der Waals surface area contributed by atoms with E-state index in [9.17, 15) is 9.59 Å². The van der Waals surface area contributed by atoms with Crippen molar-refractivity contribution in [1.29, 1.82) is 0 Å². The molecule has 8 heteroatoms. The van der Waals surface area contributed by atoms with Crippen LogP contribution in [0.5, 0.6) is 11.5 Å². The van der Waals surface area contributed by atoms with E-state index in [0.717, 1.165) is 5.56 Å². The summed E-state index contributed by atoms with van der Waals surface area (Å²) in [5.41, 5.74) is 0.800. The van der Waals surface area contributed by atoms with Gasteiger partial charge in [0.25, 0.3) is 11.8 Å². The van der Waals surface area contributed by atoms with Gasteiger partial charge in [0, 0.05) is 20.6 Å². The van der Waals surface area contributed by atoms with Crippen molar-refractivity contribution in [3.05, 3.63) is 28.7 Å². The van der Waals surface area contributed by atoms with Gasteiger partial charge in [-0.05, 0) is 44.5 Å². The van der Waals surface area contributed by atoms with Crippen LogP contribution in [0.2, 0.25) is 0 Å². The molecule has 6 nitrogen and oxygen atoms in total. The standard InChI is InChI=1S/C19H24N2O4S2/c1-6-21-18(23)16(27-19(21)26)11-13-8-9-14(15(10-13)24-7-2)25-12(3)17(22)20(4)5/h8-12H,6-7H2,1-5H3/b16-11-/t12-/m0/s1. The highest BCUT2D eigenvalue weighted by Gasteiger charge is 2.30. The molecular weight excluding hydrogens is 384 g/mol. The predicted molar refractivity (Wildman–Crippen MR) is 112 cm³/mol. The minimum absolute atomic E-state index is 0.0870. The van der Waals surface area contributed by atoms with Gasteiger partial charge in [0.2, 0.25) is 0 Å². The summed E-state index contributed by atoms with van der Waals surface area (Å²) in [5.74, 6) is 0.786. The Morgan fingerprint density at radius 2 is 2.04 bits per heavy atom. The first kappa shape index (κ1) is 21.2. The van der Waals surface area contributed by atoms with Crippen molar-refractivity contribution in [2.24, 2.45) is 0 Å². The average Bonchev–Trinajstić information content (AvgIpc) is 2.89. The molecule has 1 aliphatic heterocycles. The van der Waals surface area contributed by atoms with E-state index in [2.05, 4.69) is 0 Å². The third kappa shape index (κ3) is 5.01. The number of nitrogens with zero attached hydrogens (tertiary/aromatic N) is 2. The quantitative estimate of drug-likeness (QED) is 0.510. The molecule has 1 atom stereocenters. The highest BCUT2D eigenvalue weighted by molar-refractivity contribution is 8.26. The monoisotopic (exact) mass is 408 g/mol. The maximum absolute atomic E-state index is 12.4. The van der Waals surface area contributed by atoms with Gasteiger partial charge in [0.1, 0.15) is 4.32 Å². The molecule has 0 N–H and O–H groups in total. The maximum Gasteiger partial charge on any atom is 0.266 e. The summed E-state index contributed by atoms with van der Waals surface area (Å²) < 4.78 is 12.0. The summed E-state index contributed by atoms with van der Waals surface area (Å²) >= 11 is 6.53. The smallest absolute Gasteiger partial charge is 0.266 e. The molecular formula is C19H24N2O4S2. The summed E-state index contributed by atoms with van der Waals surface area (Å²) in [6.45, 7) is 6.47. The number of thiocarbonyl (C=S) groups is 1. The van der Waals surface area contributed by atoms with Gasteiger partial charge in [0.05, 0.1) is 11.5 Å². The lowest BCUT2D eigenvalue weighted by molar-refractivity contribution is -0.135. The van der Waals surface area contributed by atoms with Crippen LogP contribution in [0.25, 0.3) is 6.08 Å². The van der Waals surface area contributed by atoms with Crippen LogP contribution in [0.15, 0.2) is 23.1 Å². The molecule has 1 heterocycles. The normalized spacial score (nSPS) is 16.6. The van der Waals surface area contributed by atoms with Crippen LogP contribution < -0.4 is 9.47 Å². The van der Waals surface area contributed by atoms with E-state index >= 15 is 0 Å². The van der Waals surface area contributed by atoms with Crippen molar-refractivity contribution in [2.45, 2.75) is 26.9 Å². The van der Waals surface area contributed by atoms with Crippen LogP contribution in [-0.4, -0.2) is 59.3 Å². The largest absolute Gasteiger partial charge is 0.490 e. The third-order valence-corrected chi connectivity index (χ3v) is 5.23. The van der Waals surface area contributed by atoms with Crippen LogP contribution in [0.1, 0.15) is 26.3 Å². The van der Waals surface area contributed by atoms with Gasteiger partial charge in [-0.3, -0.25) is 14.5 Å². The Kier molecular flexibility index (Phi) is 7.26. The molecule has 27 heavy (non-hydrogen) atoms. The second kappa shape index (κ2) is 9.23. The fourth-order valence-electron chi connectivity index (χ4n) is 2.51. The van der Waals surface area contributed by atoms with Crippen molar-refractivity contribution in [3.63, 3.8) is 0 Å². The SMILES string of the molecule is CCOc1cc(/C=C2\SC(=S)N(CC)C2=O)ccc1O[C@@H](C)C(=O)N(C)C. The van der Waals surface area contributed by atoms with E-state index in [1.165, 1.54) is 16.7 Å². The second-order valence-corrected chi connectivity index (χ2v) is 7.73. The first-order valence-electron chi connectivity index (χ1n) is 8.68. The Morgan fingerprint density at radius 3 is 2.59 bits per heavy atom.